The minimum atomic E-state index is 0.192. The van der Waals surface area contributed by atoms with Gasteiger partial charge in [0, 0.05) is 17.2 Å². The molecule has 0 spiro atoms. The molecule has 0 fully saturated rings. The van der Waals surface area contributed by atoms with E-state index in [1.165, 1.54) is 0 Å². The highest BCUT2D eigenvalue weighted by Crippen LogP contribution is 2.37. The number of methoxy groups -OCH3 is 2. The molecule has 0 aliphatic carbocycles. The number of hydrogen-bond acceptors (Lipinski definition) is 4. The van der Waals surface area contributed by atoms with Crippen molar-refractivity contribution in [2.45, 2.75) is 0 Å². The van der Waals surface area contributed by atoms with Gasteiger partial charge in [0.2, 0.25) is 0 Å². The van der Waals surface area contributed by atoms with Gasteiger partial charge in [-0.3, -0.25) is 0 Å². The number of phenols is 1. The van der Waals surface area contributed by atoms with E-state index in [4.69, 9.17) is 14.5 Å². The smallest absolute Gasteiger partial charge is 0.131 e. The topological polar surface area (TPSA) is 51.6 Å². The molecular weight excluding hydrogens is 362 g/mol. The van der Waals surface area contributed by atoms with Gasteiger partial charge in [0.1, 0.15) is 17.2 Å². The van der Waals surface area contributed by atoms with Crippen LogP contribution in [-0.2, 0) is 0 Å². The summed E-state index contributed by atoms with van der Waals surface area (Å²) in [6.45, 7) is 0. The number of aromatic hydroxyl groups is 1. The molecular formula is C25H21NO3. The van der Waals surface area contributed by atoms with Gasteiger partial charge in [-0.1, -0.05) is 42.5 Å². The molecule has 4 heteroatoms. The molecule has 0 amide bonds. The van der Waals surface area contributed by atoms with Crippen molar-refractivity contribution < 1.29 is 14.6 Å². The monoisotopic (exact) mass is 383 g/mol. The third kappa shape index (κ3) is 3.78. The van der Waals surface area contributed by atoms with Crippen molar-refractivity contribution in [1.29, 1.82) is 0 Å². The minimum Gasteiger partial charge on any atom is -0.507 e. The maximum atomic E-state index is 10.4. The second-order valence-corrected chi connectivity index (χ2v) is 6.58. The van der Waals surface area contributed by atoms with Gasteiger partial charge in [0.15, 0.2) is 0 Å². The molecule has 144 valence electrons. The summed E-state index contributed by atoms with van der Waals surface area (Å²) < 4.78 is 10.9. The van der Waals surface area contributed by atoms with E-state index in [-0.39, 0.29) is 5.75 Å². The molecule has 1 N–H and O–H groups in total. The fourth-order valence-electron chi connectivity index (χ4n) is 3.30. The van der Waals surface area contributed by atoms with E-state index < -0.39 is 0 Å². The fraction of sp³-hybridized carbons (Fsp3) is 0.0800. The lowest BCUT2D eigenvalue weighted by Crippen LogP contribution is -1.95. The second kappa shape index (κ2) is 8.07. The molecule has 0 atom stereocenters. The van der Waals surface area contributed by atoms with E-state index in [9.17, 15) is 5.11 Å². The largest absolute Gasteiger partial charge is 0.507 e. The maximum Gasteiger partial charge on any atom is 0.131 e. The van der Waals surface area contributed by atoms with Crippen LogP contribution < -0.4 is 9.47 Å². The summed E-state index contributed by atoms with van der Waals surface area (Å²) in [7, 11) is 3.25. The maximum absolute atomic E-state index is 10.4. The predicted octanol–water partition coefficient (Wildman–Crippen LogP) is 5.81. The first kappa shape index (κ1) is 18.6. The first-order valence-corrected chi connectivity index (χ1v) is 9.28. The Kier molecular flexibility index (Phi) is 5.16. The van der Waals surface area contributed by atoms with Crippen molar-refractivity contribution in [3.05, 3.63) is 84.9 Å². The van der Waals surface area contributed by atoms with E-state index in [2.05, 4.69) is 12.1 Å². The lowest BCUT2D eigenvalue weighted by molar-refractivity contribution is 0.395. The molecule has 0 radical (unpaired) electrons. The molecule has 0 saturated heterocycles. The van der Waals surface area contributed by atoms with Crippen molar-refractivity contribution in [2.24, 2.45) is 0 Å². The predicted molar refractivity (Wildman–Crippen MR) is 115 cm³/mol. The van der Waals surface area contributed by atoms with E-state index in [1.54, 1.807) is 26.4 Å². The molecule has 29 heavy (non-hydrogen) atoms. The Morgan fingerprint density at radius 1 is 0.655 bits per heavy atom. The first-order chi connectivity index (χ1) is 14.2. The number of para-hydroxylation sites is 1. The number of nitrogens with zero attached hydrogens (tertiary/aromatic N) is 1. The van der Waals surface area contributed by atoms with Crippen molar-refractivity contribution in [2.75, 3.05) is 14.2 Å². The summed E-state index contributed by atoms with van der Waals surface area (Å²) in [6, 6.07) is 27.0. The highest BCUT2D eigenvalue weighted by atomic mass is 16.5. The molecule has 4 nitrogen and oxygen atoms in total. The van der Waals surface area contributed by atoms with Gasteiger partial charge in [-0.05, 0) is 47.5 Å². The molecule has 0 unspecified atom stereocenters. The number of phenolic OH excluding ortho intramolecular Hbond substituents is 1. The van der Waals surface area contributed by atoms with Crippen molar-refractivity contribution in [3.8, 4) is 50.9 Å². The molecule has 0 aliphatic heterocycles. The zero-order valence-electron chi connectivity index (χ0n) is 16.3. The van der Waals surface area contributed by atoms with Gasteiger partial charge in [0.25, 0.3) is 0 Å². The Morgan fingerprint density at radius 2 is 1.34 bits per heavy atom. The van der Waals surface area contributed by atoms with Crippen LogP contribution in [0.5, 0.6) is 17.2 Å². The van der Waals surface area contributed by atoms with Crippen molar-refractivity contribution in [1.82, 2.24) is 4.98 Å². The van der Waals surface area contributed by atoms with Crippen LogP contribution in [0.1, 0.15) is 0 Å². The van der Waals surface area contributed by atoms with Gasteiger partial charge in [-0.2, -0.15) is 0 Å². The minimum absolute atomic E-state index is 0.192. The van der Waals surface area contributed by atoms with Gasteiger partial charge >= 0.3 is 0 Å². The zero-order chi connectivity index (χ0) is 20.2. The summed E-state index contributed by atoms with van der Waals surface area (Å²) in [5, 5.41) is 10.4. The van der Waals surface area contributed by atoms with Crippen LogP contribution in [0.4, 0.5) is 0 Å². The van der Waals surface area contributed by atoms with Crippen molar-refractivity contribution >= 4 is 0 Å². The summed E-state index contributed by atoms with van der Waals surface area (Å²) in [5.41, 5.74) is 5.05. The van der Waals surface area contributed by atoms with Crippen LogP contribution in [0.3, 0.4) is 0 Å². The van der Waals surface area contributed by atoms with Gasteiger partial charge in [0.05, 0.1) is 25.6 Å². The third-order valence-corrected chi connectivity index (χ3v) is 4.80. The fourth-order valence-corrected chi connectivity index (χ4v) is 3.30. The van der Waals surface area contributed by atoms with Crippen LogP contribution in [0.25, 0.3) is 33.6 Å². The van der Waals surface area contributed by atoms with Crippen LogP contribution in [-0.4, -0.2) is 24.3 Å². The number of aromatic nitrogens is 1. The molecule has 4 rings (SSSR count). The quantitative estimate of drug-likeness (QED) is 0.473. The average Bonchev–Trinajstić information content (AvgIpc) is 2.79. The summed E-state index contributed by atoms with van der Waals surface area (Å²) in [6.07, 6.45) is 0. The normalized spacial score (nSPS) is 10.6. The summed E-state index contributed by atoms with van der Waals surface area (Å²) >= 11 is 0. The molecule has 3 aromatic carbocycles. The van der Waals surface area contributed by atoms with Gasteiger partial charge in [-0.15, -0.1) is 0 Å². The lowest BCUT2D eigenvalue weighted by atomic mass is 9.99. The third-order valence-electron chi connectivity index (χ3n) is 4.80. The average molecular weight is 383 g/mol. The summed E-state index contributed by atoms with van der Waals surface area (Å²) in [5.74, 6) is 1.58. The Bertz CT molecular complexity index is 1140. The highest BCUT2D eigenvalue weighted by Gasteiger charge is 2.14. The van der Waals surface area contributed by atoms with Crippen molar-refractivity contribution in [3.63, 3.8) is 0 Å². The van der Waals surface area contributed by atoms with E-state index in [0.29, 0.717) is 22.8 Å². The Morgan fingerprint density at radius 3 is 2.03 bits per heavy atom. The van der Waals surface area contributed by atoms with E-state index in [0.717, 1.165) is 22.4 Å². The van der Waals surface area contributed by atoms with Crippen LogP contribution in [0, 0.1) is 0 Å². The molecule has 0 saturated carbocycles. The van der Waals surface area contributed by atoms with Gasteiger partial charge in [-0.25, -0.2) is 4.98 Å². The molecule has 1 heterocycles. The SMILES string of the molecule is COc1ccc(-c2cc(-c3ccccc3)cc(-c3ccccc3O)n2)c(OC)c1. The summed E-state index contributed by atoms with van der Waals surface area (Å²) in [4.78, 5) is 4.84. The Labute approximate surface area is 170 Å². The van der Waals surface area contributed by atoms with Crippen LogP contribution >= 0.6 is 0 Å². The number of benzene rings is 3. The number of pyridine rings is 1. The molecule has 4 aromatic rings. The standard InChI is InChI=1S/C25H21NO3/c1-28-19-12-13-21(25(16-19)29-2)23-15-18(17-8-4-3-5-9-17)14-22(26-23)20-10-6-7-11-24(20)27/h3-16,27H,1-2H3. The number of hydrogen-bond donors (Lipinski definition) is 1. The van der Waals surface area contributed by atoms with Crippen LogP contribution in [0.15, 0.2) is 84.9 Å². The second-order valence-electron chi connectivity index (χ2n) is 6.58. The number of ether oxygens (including phenoxy) is 2. The van der Waals surface area contributed by atoms with Gasteiger partial charge < -0.3 is 14.6 Å². The van der Waals surface area contributed by atoms with E-state index >= 15 is 0 Å². The Hall–Kier alpha value is -3.79. The van der Waals surface area contributed by atoms with Crippen LogP contribution in [0.2, 0.25) is 0 Å². The molecule has 0 aliphatic rings. The Balaban J connectivity index is 1.95. The molecule has 1 aromatic heterocycles. The zero-order valence-corrected chi connectivity index (χ0v) is 16.3. The molecule has 0 bridgehead atoms. The lowest BCUT2D eigenvalue weighted by Gasteiger charge is -2.14. The van der Waals surface area contributed by atoms with E-state index in [1.807, 2.05) is 60.7 Å². The number of rotatable bonds is 5. The first-order valence-electron chi connectivity index (χ1n) is 9.28. The highest BCUT2D eigenvalue weighted by molar-refractivity contribution is 5.80.